The minimum atomic E-state index is -0.211. The Morgan fingerprint density at radius 1 is 1.23 bits per heavy atom. The van der Waals surface area contributed by atoms with Gasteiger partial charge in [-0.1, -0.05) is 13.0 Å². The van der Waals surface area contributed by atoms with Crippen molar-refractivity contribution < 1.29 is 9.18 Å². The minimum Gasteiger partial charge on any atom is -0.349 e. The van der Waals surface area contributed by atoms with E-state index in [1.54, 1.807) is 16.8 Å². The van der Waals surface area contributed by atoms with Crippen molar-refractivity contribution in [1.29, 1.82) is 0 Å². The number of halogens is 1. The van der Waals surface area contributed by atoms with E-state index in [0.717, 1.165) is 55.8 Å². The number of likely N-dealkylation sites (tertiary alicyclic amines) is 1. The van der Waals surface area contributed by atoms with Gasteiger partial charge in [0.25, 0.3) is 0 Å². The number of nitrogens with zero attached hydrogens (tertiary/aromatic N) is 5. The number of hydrogen-bond acceptors (Lipinski definition) is 4. The van der Waals surface area contributed by atoms with Gasteiger partial charge < -0.3 is 15.1 Å². The van der Waals surface area contributed by atoms with Gasteiger partial charge in [0.15, 0.2) is 5.65 Å². The zero-order chi connectivity index (χ0) is 21.5. The molecule has 0 unspecified atom stereocenters. The topological polar surface area (TPSA) is 65.8 Å². The first-order valence-corrected chi connectivity index (χ1v) is 10.9. The number of hydrogen-bond donors (Lipinski definition) is 1. The number of anilines is 2. The number of urea groups is 1. The molecule has 0 spiro atoms. The van der Waals surface area contributed by atoms with Gasteiger partial charge >= 0.3 is 6.03 Å². The maximum Gasteiger partial charge on any atom is 0.321 e. The summed E-state index contributed by atoms with van der Waals surface area (Å²) in [7, 11) is 0. The summed E-state index contributed by atoms with van der Waals surface area (Å²) in [5, 5.41) is 7.33. The SMILES string of the molecule is Cc1cc(F)ccc1[C@H]1CCCN1c1ccn2ncc(NC(=O)N3CC[C@H](C)C3)c2n1. The molecule has 2 aromatic heterocycles. The Labute approximate surface area is 180 Å². The first kappa shape index (κ1) is 19.8. The summed E-state index contributed by atoms with van der Waals surface area (Å²) in [4.78, 5) is 21.6. The summed E-state index contributed by atoms with van der Waals surface area (Å²) in [6.45, 7) is 6.54. The molecule has 31 heavy (non-hydrogen) atoms. The summed E-state index contributed by atoms with van der Waals surface area (Å²) in [5.41, 5.74) is 3.32. The molecular formula is C23H27FN6O. The Morgan fingerprint density at radius 3 is 2.87 bits per heavy atom. The Bertz CT molecular complexity index is 1130. The second kappa shape index (κ2) is 7.83. The monoisotopic (exact) mass is 422 g/mol. The van der Waals surface area contributed by atoms with Crippen LogP contribution in [0.25, 0.3) is 5.65 Å². The fourth-order valence-corrected chi connectivity index (χ4v) is 4.80. The van der Waals surface area contributed by atoms with Gasteiger partial charge in [0.1, 0.15) is 17.3 Å². The lowest BCUT2D eigenvalue weighted by molar-refractivity contribution is 0.221. The lowest BCUT2D eigenvalue weighted by Gasteiger charge is -2.27. The molecule has 2 aliphatic heterocycles. The normalized spacial score (nSPS) is 21.3. The first-order valence-electron chi connectivity index (χ1n) is 10.9. The molecule has 162 valence electrons. The number of amides is 2. The van der Waals surface area contributed by atoms with E-state index in [0.29, 0.717) is 17.3 Å². The highest BCUT2D eigenvalue weighted by Crippen LogP contribution is 2.37. The van der Waals surface area contributed by atoms with Crippen LogP contribution in [0.15, 0.2) is 36.7 Å². The number of carbonyl (C=O) groups is 1. The largest absolute Gasteiger partial charge is 0.349 e. The quantitative estimate of drug-likeness (QED) is 0.680. The van der Waals surface area contributed by atoms with E-state index in [1.807, 2.05) is 30.2 Å². The van der Waals surface area contributed by atoms with Gasteiger partial charge in [-0.25, -0.2) is 18.7 Å². The highest BCUT2D eigenvalue weighted by molar-refractivity contribution is 5.93. The smallest absolute Gasteiger partial charge is 0.321 e. The minimum absolute atomic E-state index is 0.104. The molecule has 1 N–H and O–H groups in total. The fourth-order valence-electron chi connectivity index (χ4n) is 4.80. The van der Waals surface area contributed by atoms with Gasteiger partial charge in [-0.3, -0.25) is 0 Å². The standard InChI is InChI=1S/C23H27FN6O/c1-15-7-10-28(14-15)23(31)26-19-13-25-30-11-8-21(27-22(19)30)29-9-3-4-20(29)18-6-5-17(24)12-16(18)2/h5-6,8,11-13,15,20H,3-4,7,9-10,14H2,1-2H3,(H,26,31)/t15-,20+/m0/s1. The zero-order valence-electron chi connectivity index (χ0n) is 17.9. The third-order valence-electron chi connectivity index (χ3n) is 6.45. The van der Waals surface area contributed by atoms with Crippen molar-refractivity contribution in [3.8, 4) is 0 Å². The Balaban J connectivity index is 1.42. The lowest BCUT2D eigenvalue weighted by atomic mass is 9.99. The number of carbonyl (C=O) groups excluding carboxylic acids is 1. The Morgan fingerprint density at radius 2 is 2.10 bits per heavy atom. The predicted octanol–water partition coefficient (Wildman–Crippen LogP) is 4.39. The number of benzene rings is 1. The Kier molecular flexibility index (Phi) is 5.00. The van der Waals surface area contributed by atoms with Gasteiger partial charge in [0.05, 0.1) is 12.2 Å². The molecule has 7 nitrogen and oxygen atoms in total. The highest BCUT2D eigenvalue weighted by atomic mass is 19.1. The number of nitrogens with one attached hydrogen (secondary N) is 1. The van der Waals surface area contributed by atoms with Gasteiger partial charge in [0.2, 0.25) is 0 Å². The zero-order valence-corrected chi connectivity index (χ0v) is 17.9. The number of fused-ring (bicyclic) bond motifs is 1. The molecule has 2 fully saturated rings. The lowest BCUT2D eigenvalue weighted by Crippen LogP contribution is -2.32. The highest BCUT2D eigenvalue weighted by Gasteiger charge is 2.29. The van der Waals surface area contributed by atoms with Gasteiger partial charge in [-0.2, -0.15) is 5.10 Å². The summed E-state index contributed by atoms with van der Waals surface area (Å²) in [6, 6.07) is 7.00. The summed E-state index contributed by atoms with van der Waals surface area (Å²) < 4.78 is 15.3. The van der Waals surface area contributed by atoms with Crippen LogP contribution < -0.4 is 10.2 Å². The van der Waals surface area contributed by atoms with Crippen LogP contribution >= 0.6 is 0 Å². The van der Waals surface area contributed by atoms with Crippen LogP contribution in [-0.2, 0) is 0 Å². The van der Waals surface area contributed by atoms with Crippen molar-refractivity contribution in [3.63, 3.8) is 0 Å². The van der Waals surface area contributed by atoms with E-state index in [2.05, 4.69) is 22.2 Å². The fraction of sp³-hybridized carbons (Fsp3) is 0.435. The summed E-state index contributed by atoms with van der Waals surface area (Å²) in [5.74, 6) is 1.16. The first-order chi connectivity index (χ1) is 15.0. The molecule has 2 amide bonds. The van der Waals surface area contributed by atoms with Crippen LogP contribution in [0.1, 0.15) is 43.4 Å². The second-order valence-corrected chi connectivity index (χ2v) is 8.73. The van der Waals surface area contributed by atoms with Gasteiger partial charge in [-0.05, 0) is 61.4 Å². The average Bonchev–Trinajstić information content (AvgIpc) is 3.48. The van der Waals surface area contributed by atoms with Crippen molar-refractivity contribution in [2.24, 2.45) is 5.92 Å². The molecule has 3 aromatic rings. The van der Waals surface area contributed by atoms with Crippen molar-refractivity contribution in [2.45, 2.75) is 39.2 Å². The number of aromatic nitrogens is 3. The van der Waals surface area contributed by atoms with E-state index in [4.69, 9.17) is 4.98 Å². The molecule has 0 radical (unpaired) electrons. The Hall–Kier alpha value is -3.16. The van der Waals surface area contributed by atoms with E-state index in [1.165, 1.54) is 6.07 Å². The number of rotatable bonds is 3. The van der Waals surface area contributed by atoms with E-state index in [9.17, 15) is 9.18 Å². The molecule has 0 saturated carbocycles. The second-order valence-electron chi connectivity index (χ2n) is 8.73. The van der Waals surface area contributed by atoms with Crippen molar-refractivity contribution in [3.05, 3.63) is 53.6 Å². The average molecular weight is 423 g/mol. The van der Waals surface area contributed by atoms with Gasteiger partial charge in [-0.15, -0.1) is 0 Å². The van der Waals surface area contributed by atoms with Crippen LogP contribution in [0.2, 0.25) is 0 Å². The molecule has 2 aliphatic rings. The number of aryl methyl sites for hydroxylation is 1. The molecule has 0 aliphatic carbocycles. The van der Waals surface area contributed by atoms with Crippen molar-refractivity contribution in [2.75, 3.05) is 29.9 Å². The van der Waals surface area contributed by atoms with Crippen molar-refractivity contribution in [1.82, 2.24) is 19.5 Å². The third kappa shape index (κ3) is 3.71. The van der Waals surface area contributed by atoms with E-state index in [-0.39, 0.29) is 17.9 Å². The van der Waals surface area contributed by atoms with Crippen LogP contribution in [0.5, 0.6) is 0 Å². The molecule has 8 heteroatoms. The molecule has 5 rings (SSSR count). The van der Waals surface area contributed by atoms with Gasteiger partial charge in [0, 0.05) is 25.8 Å². The van der Waals surface area contributed by atoms with Crippen LogP contribution in [-0.4, -0.2) is 45.2 Å². The third-order valence-corrected chi connectivity index (χ3v) is 6.45. The molecular weight excluding hydrogens is 395 g/mol. The van der Waals surface area contributed by atoms with E-state index >= 15 is 0 Å². The molecule has 4 heterocycles. The predicted molar refractivity (Wildman–Crippen MR) is 118 cm³/mol. The molecule has 2 saturated heterocycles. The van der Waals surface area contributed by atoms with Crippen LogP contribution in [0.3, 0.4) is 0 Å². The van der Waals surface area contributed by atoms with E-state index < -0.39 is 0 Å². The summed E-state index contributed by atoms with van der Waals surface area (Å²) >= 11 is 0. The molecule has 0 bridgehead atoms. The molecule has 2 atom stereocenters. The maximum atomic E-state index is 13.6. The maximum absolute atomic E-state index is 13.6. The van der Waals surface area contributed by atoms with Crippen molar-refractivity contribution >= 4 is 23.2 Å². The van der Waals surface area contributed by atoms with Crippen LogP contribution in [0, 0.1) is 18.7 Å². The summed E-state index contributed by atoms with van der Waals surface area (Å²) in [6.07, 6.45) is 6.59. The van der Waals surface area contributed by atoms with Crippen LogP contribution in [0.4, 0.5) is 20.7 Å². The molecule has 1 aromatic carbocycles.